The van der Waals surface area contributed by atoms with E-state index in [1.807, 2.05) is 0 Å². The van der Waals surface area contributed by atoms with Crippen LogP contribution < -0.4 is 4.74 Å². The van der Waals surface area contributed by atoms with E-state index in [0.29, 0.717) is 0 Å². The Hall–Kier alpha value is -2.18. The molecule has 1 N–H and O–H groups in total. The third-order valence-electron chi connectivity index (χ3n) is 3.27. The quantitative estimate of drug-likeness (QED) is 0.876. The summed E-state index contributed by atoms with van der Waals surface area (Å²) in [6, 6.07) is 5.36. The fraction of sp³-hybridized carbons (Fsp3) is 0.429. The van der Waals surface area contributed by atoms with Gasteiger partial charge >= 0.3 is 12.6 Å². The summed E-state index contributed by atoms with van der Waals surface area (Å²) >= 11 is 0. The van der Waals surface area contributed by atoms with Crippen LogP contribution in [0.1, 0.15) is 26.3 Å². The van der Waals surface area contributed by atoms with Crippen molar-refractivity contribution in [3.8, 4) is 5.75 Å². The number of amides is 1. The zero-order chi connectivity index (χ0) is 16.2. The molecule has 0 aliphatic heterocycles. The summed E-state index contributed by atoms with van der Waals surface area (Å²) in [5, 5.41) is 9.53. The van der Waals surface area contributed by atoms with E-state index in [4.69, 9.17) is 0 Å². The van der Waals surface area contributed by atoms with Crippen LogP contribution in [0, 0.1) is 0 Å². The van der Waals surface area contributed by atoms with E-state index in [1.54, 1.807) is 6.92 Å². The smallest absolute Gasteiger partial charge is 0.387 e. The molecule has 1 aromatic rings. The van der Waals surface area contributed by atoms with Crippen molar-refractivity contribution in [2.45, 2.75) is 32.9 Å². The fourth-order valence-corrected chi connectivity index (χ4v) is 2.22. The highest BCUT2D eigenvalue weighted by atomic mass is 19.3. The molecule has 0 saturated heterocycles. The summed E-state index contributed by atoms with van der Waals surface area (Å²) < 4.78 is 28.8. The van der Waals surface area contributed by atoms with Crippen molar-refractivity contribution < 1.29 is 28.2 Å². The van der Waals surface area contributed by atoms with Crippen molar-refractivity contribution in [1.82, 2.24) is 4.90 Å². The molecule has 1 atom stereocenters. The van der Waals surface area contributed by atoms with Crippen molar-refractivity contribution in [3.63, 3.8) is 0 Å². The SMILES string of the molecule is CCN(C(C)=O)C(C)(C(=O)O)c1cccc(OC(F)F)c1. The molecule has 0 radical (unpaired) electrons. The van der Waals surface area contributed by atoms with Crippen molar-refractivity contribution >= 4 is 11.9 Å². The molecule has 1 amide bonds. The Balaban J connectivity index is 3.34. The number of carbonyl (C=O) groups is 2. The van der Waals surface area contributed by atoms with Crippen LogP contribution in [-0.2, 0) is 15.1 Å². The third-order valence-corrected chi connectivity index (χ3v) is 3.27. The number of aliphatic carboxylic acids is 1. The Morgan fingerprint density at radius 1 is 1.43 bits per heavy atom. The standard InChI is InChI=1S/C14H17F2NO4/c1-4-17(9(2)18)14(3,12(19)20)10-6-5-7-11(8-10)21-13(15)16/h5-8,13H,4H2,1-3H3,(H,19,20). The van der Waals surface area contributed by atoms with Gasteiger partial charge in [0.15, 0.2) is 5.54 Å². The summed E-state index contributed by atoms with van der Waals surface area (Å²) in [7, 11) is 0. The number of alkyl halides is 2. The Labute approximate surface area is 121 Å². The summed E-state index contributed by atoms with van der Waals surface area (Å²) in [6.45, 7) is 1.40. The van der Waals surface area contributed by atoms with Crippen LogP contribution in [0.5, 0.6) is 5.75 Å². The van der Waals surface area contributed by atoms with Gasteiger partial charge in [-0.05, 0) is 31.5 Å². The molecule has 1 unspecified atom stereocenters. The monoisotopic (exact) mass is 301 g/mol. The molecular weight excluding hydrogens is 284 g/mol. The summed E-state index contributed by atoms with van der Waals surface area (Å²) in [6.07, 6.45) is 0. The van der Waals surface area contributed by atoms with Crippen LogP contribution >= 0.6 is 0 Å². The minimum absolute atomic E-state index is 0.158. The number of rotatable bonds is 6. The molecule has 0 aromatic heterocycles. The van der Waals surface area contributed by atoms with Crippen molar-refractivity contribution in [2.24, 2.45) is 0 Å². The molecule has 0 aliphatic carbocycles. The van der Waals surface area contributed by atoms with Crippen LogP contribution in [0.15, 0.2) is 24.3 Å². The molecular formula is C14H17F2NO4. The molecule has 0 aliphatic rings. The van der Waals surface area contributed by atoms with Gasteiger partial charge < -0.3 is 14.7 Å². The lowest BCUT2D eigenvalue weighted by Gasteiger charge is -2.37. The minimum atomic E-state index is -3.01. The third kappa shape index (κ3) is 3.48. The van der Waals surface area contributed by atoms with Gasteiger partial charge in [-0.25, -0.2) is 4.79 Å². The highest BCUT2D eigenvalue weighted by molar-refractivity contribution is 5.87. The number of benzene rings is 1. The number of nitrogens with zero attached hydrogens (tertiary/aromatic N) is 1. The second-order valence-corrected chi connectivity index (χ2v) is 4.55. The van der Waals surface area contributed by atoms with Gasteiger partial charge in [0.05, 0.1) is 0 Å². The molecule has 0 fully saturated rings. The zero-order valence-corrected chi connectivity index (χ0v) is 12.0. The number of carboxylic acid groups (broad SMARTS) is 1. The molecule has 1 rings (SSSR count). The predicted octanol–water partition coefficient (Wildman–Crippen LogP) is 2.46. The highest BCUT2D eigenvalue weighted by Crippen LogP contribution is 2.31. The van der Waals surface area contributed by atoms with E-state index >= 15 is 0 Å². The second-order valence-electron chi connectivity index (χ2n) is 4.55. The molecule has 0 heterocycles. The molecule has 0 bridgehead atoms. The normalized spacial score (nSPS) is 13.6. The summed E-state index contributed by atoms with van der Waals surface area (Å²) in [4.78, 5) is 24.5. The highest BCUT2D eigenvalue weighted by Gasteiger charge is 2.42. The van der Waals surface area contributed by atoms with Gasteiger partial charge in [0.25, 0.3) is 0 Å². The van der Waals surface area contributed by atoms with E-state index in [1.165, 1.54) is 38.1 Å². The number of likely N-dealkylation sites (N-methyl/N-ethyl adjacent to an activating group) is 1. The topological polar surface area (TPSA) is 66.8 Å². The maximum Gasteiger partial charge on any atom is 0.387 e. The number of ether oxygens (including phenoxy) is 1. The lowest BCUT2D eigenvalue weighted by Crippen LogP contribution is -2.51. The van der Waals surface area contributed by atoms with E-state index in [2.05, 4.69) is 4.74 Å². The Morgan fingerprint density at radius 2 is 2.05 bits per heavy atom. The van der Waals surface area contributed by atoms with Crippen molar-refractivity contribution in [3.05, 3.63) is 29.8 Å². The van der Waals surface area contributed by atoms with Crippen LogP contribution in [-0.4, -0.2) is 35.0 Å². The predicted molar refractivity (Wildman–Crippen MR) is 71.1 cm³/mol. The lowest BCUT2D eigenvalue weighted by molar-refractivity contribution is -0.158. The molecule has 5 nitrogen and oxygen atoms in total. The van der Waals surface area contributed by atoms with E-state index in [9.17, 15) is 23.5 Å². The number of hydrogen-bond acceptors (Lipinski definition) is 3. The molecule has 0 spiro atoms. The Kier molecular flexibility index (Phi) is 5.23. The fourth-order valence-electron chi connectivity index (χ4n) is 2.22. The van der Waals surface area contributed by atoms with Gasteiger partial charge in [0.2, 0.25) is 5.91 Å². The molecule has 7 heteroatoms. The minimum Gasteiger partial charge on any atom is -0.479 e. The van der Waals surface area contributed by atoms with Gasteiger partial charge in [0, 0.05) is 13.5 Å². The van der Waals surface area contributed by atoms with E-state index in [-0.39, 0.29) is 17.9 Å². The zero-order valence-electron chi connectivity index (χ0n) is 12.0. The second kappa shape index (κ2) is 6.51. The first-order valence-electron chi connectivity index (χ1n) is 6.30. The van der Waals surface area contributed by atoms with Crippen molar-refractivity contribution in [1.29, 1.82) is 0 Å². The van der Waals surface area contributed by atoms with Crippen LogP contribution in [0.25, 0.3) is 0 Å². The first kappa shape index (κ1) is 16.9. The first-order valence-corrected chi connectivity index (χ1v) is 6.30. The number of halogens is 2. The molecule has 1 aromatic carbocycles. The maximum atomic E-state index is 12.3. The van der Waals surface area contributed by atoms with Gasteiger partial charge in [-0.15, -0.1) is 0 Å². The van der Waals surface area contributed by atoms with E-state index < -0.39 is 24.0 Å². The molecule has 0 saturated carbocycles. The maximum absolute atomic E-state index is 12.3. The Morgan fingerprint density at radius 3 is 2.48 bits per heavy atom. The number of carboxylic acids is 1. The van der Waals surface area contributed by atoms with Gasteiger partial charge in [-0.2, -0.15) is 8.78 Å². The van der Waals surface area contributed by atoms with Crippen LogP contribution in [0.2, 0.25) is 0 Å². The van der Waals surface area contributed by atoms with Crippen molar-refractivity contribution in [2.75, 3.05) is 6.54 Å². The largest absolute Gasteiger partial charge is 0.479 e. The van der Waals surface area contributed by atoms with Crippen LogP contribution in [0.4, 0.5) is 8.78 Å². The molecule has 21 heavy (non-hydrogen) atoms. The molecule has 116 valence electrons. The van der Waals surface area contributed by atoms with Crippen LogP contribution in [0.3, 0.4) is 0 Å². The summed E-state index contributed by atoms with van der Waals surface area (Å²) in [5.74, 6) is -1.84. The average molecular weight is 301 g/mol. The Bertz CT molecular complexity index is 535. The summed E-state index contributed by atoms with van der Waals surface area (Å²) in [5.41, 5.74) is -1.48. The van der Waals surface area contributed by atoms with Gasteiger partial charge in [0.1, 0.15) is 5.75 Å². The average Bonchev–Trinajstić information content (AvgIpc) is 2.38. The lowest BCUT2D eigenvalue weighted by atomic mass is 9.89. The number of carbonyl (C=O) groups excluding carboxylic acids is 1. The number of hydrogen-bond donors (Lipinski definition) is 1. The van der Waals surface area contributed by atoms with E-state index in [0.717, 1.165) is 4.90 Å². The van der Waals surface area contributed by atoms with Gasteiger partial charge in [-0.1, -0.05) is 12.1 Å². The first-order chi connectivity index (χ1) is 9.73. The van der Waals surface area contributed by atoms with Gasteiger partial charge in [-0.3, -0.25) is 4.79 Å².